The maximum Gasteiger partial charge on any atom is 0.306 e. The number of unbranched alkanes of at least 4 members (excludes halogenated alkanes) is 21. The molecule has 0 radical (unpaired) electrons. The number of allylic oxidation sites excluding steroid dienone is 8. The third-order valence-electron chi connectivity index (χ3n) is 10.8. The first-order chi connectivity index (χ1) is 28.4. The monoisotopic (exact) mass is 821 g/mol. The summed E-state index contributed by atoms with van der Waals surface area (Å²) >= 11 is 0. The maximum absolute atomic E-state index is 12.8. The minimum Gasteiger partial charge on any atom is -0.457 e. The maximum atomic E-state index is 12.8. The first kappa shape index (κ1) is 54.2. The fraction of sp³-hybridized carbons (Fsp3) is 0.816. The van der Waals surface area contributed by atoms with Crippen molar-refractivity contribution in [3.8, 4) is 0 Å². The molecule has 6 atom stereocenters. The van der Waals surface area contributed by atoms with E-state index in [2.05, 4.69) is 62.5 Å². The molecule has 0 saturated carbocycles. The summed E-state index contributed by atoms with van der Waals surface area (Å²) in [7, 11) is 0. The van der Waals surface area contributed by atoms with Crippen molar-refractivity contribution in [2.75, 3.05) is 26.4 Å². The lowest BCUT2D eigenvalue weighted by Crippen LogP contribution is -2.59. The van der Waals surface area contributed by atoms with Crippen molar-refractivity contribution >= 4 is 5.97 Å². The summed E-state index contributed by atoms with van der Waals surface area (Å²) in [5.74, 6) is -0.318. The number of carbonyl (C=O) groups excluding carboxylic acids is 1. The van der Waals surface area contributed by atoms with Crippen molar-refractivity contribution in [1.29, 1.82) is 0 Å². The lowest BCUT2D eigenvalue weighted by atomic mass is 9.99. The minimum absolute atomic E-state index is 0.114. The fourth-order valence-corrected chi connectivity index (χ4v) is 7.07. The Balaban J connectivity index is 2.21. The van der Waals surface area contributed by atoms with Gasteiger partial charge in [0.15, 0.2) is 6.29 Å². The zero-order chi connectivity index (χ0) is 42.2. The summed E-state index contributed by atoms with van der Waals surface area (Å²) in [6.45, 7) is 4.45. The zero-order valence-electron chi connectivity index (χ0n) is 37.0. The highest BCUT2D eigenvalue weighted by Gasteiger charge is 2.44. The molecule has 4 N–H and O–H groups in total. The van der Waals surface area contributed by atoms with E-state index in [1.807, 2.05) is 0 Å². The Kier molecular flexibility index (Phi) is 37.9. The Hall–Kier alpha value is -1.85. The van der Waals surface area contributed by atoms with Crippen molar-refractivity contribution in [3.05, 3.63) is 48.6 Å². The molecule has 0 aromatic rings. The summed E-state index contributed by atoms with van der Waals surface area (Å²) in [6.07, 6.45) is 42.8. The number of hydrogen-bond donors (Lipinski definition) is 4. The Morgan fingerprint density at radius 1 is 0.569 bits per heavy atom. The third-order valence-corrected chi connectivity index (χ3v) is 10.8. The molecule has 0 amide bonds. The molecule has 1 heterocycles. The van der Waals surface area contributed by atoms with Gasteiger partial charge in [-0.05, 0) is 51.4 Å². The van der Waals surface area contributed by atoms with Crippen LogP contribution in [0.1, 0.15) is 194 Å². The zero-order valence-corrected chi connectivity index (χ0v) is 37.0. The second kappa shape index (κ2) is 40.6. The molecule has 0 bridgehead atoms. The third kappa shape index (κ3) is 31.1. The largest absolute Gasteiger partial charge is 0.457 e. The van der Waals surface area contributed by atoms with Gasteiger partial charge in [-0.15, -0.1) is 0 Å². The first-order valence-electron chi connectivity index (χ1n) is 23.7. The van der Waals surface area contributed by atoms with Crippen LogP contribution < -0.4 is 0 Å². The van der Waals surface area contributed by atoms with E-state index in [0.29, 0.717) is 13.0 Å². The highest BCUT2D eigenvalue weighted by Crippen LogP contribution is 2.23. The van der Waals surface area contributed by atoms with Gasteiger partial charge in [-0.2, -0.15) is 0 Å². The van der Waals surface area contributed by atoms with E-state index >= 15 is 0 Å². The van der Waals surface area contributed by atoms with Crippen LogP contribution >= 0.6 is 0 Å². The molecule has 338 valence electrons. The van der Waals surface area contributed by atoms with Crippen molar-refractivity contribution in [3.63, 3.8) is 0 Å². The molecule has 1 aliphatic rings. The highest BCUT2D eigenvalue weighted by molar-refractivity contribution is 5.69. The predicted octanol–water partition coefficient (Wildman–Crippen LogP) is 10.9. The average molecular weight is 821 g/mol. The molecule has 1 aliphatic heterocycles. The van der Waals surface area contributed by atoms with Gasteiger partial charge in [-0.25, -0.2) is 0 Å². The topological polar surface area (TPSA) is 135 Å². The molecule has 0 aliphatic carbocycles. The Morgan fingerprint density at radius 2 is 1.05 bits per heavy atom. The van der Waals surface area contributed by atoms with Crippen LogP contribution in [-0.4, -0.2) is 89.6 Å². The average Bonchev–Trinajstić information content (AvgIpc) is 3.22. The summed E-state index contributed by atoms with van der Waals surface area (Å²) in [6, 6.07) is 0. The van der Waals surface area contributed by atoms with Gasteiger partial charge in [0.1, 0.15) is 30.5 Å². The Labute approximate surface area is 354 Å². The Morgan fingerprint density at radius 3 is 1.59 bits per heavy atom. The SMILES string of the molecule is CC/C=C\C/C=C\C/C=C\C/C=C\CCCCCCCCCCCCC(=O)OC(COCCCCCCCCCCCCCC)COC1OC(CO)C(O)C(O)C1O. The number of aliphatic hydroxyl groups is 4. The van der Waals surface area contributed by atoms with Crippen molar-refractivity contribution < 1.29 is 44.2 Å². The summed E-state index contributed by atoms with van der Waals surface area (Å²) in [5.41, 5.74) is 0. The van der Waals surface area contributed by atoms with E-state index in [4.69, 9.17) is 18.9 Å². The van der Waals surface area contributed by atoms with Crippen LogP contribution in [0, 0.1) is 0 Å². The van der Waals surface area contributed by atoms with Gasteiger partial charge < -0.3 is 39.4 Å². The number of carbonyl (C=O) groups is 1. The smallest absolute Gasteiger partial charge is 0.306 e. The van der Waals surface area contributed by atoms with Crippen LogP contribution in [0.3, 0.4) is 0 Å². The van der Waals surface area contributed by atoms with Crippen LogP contribution in [0.25, 0.3) is 0 Å². The van der Waals surface area contributed by atoms with E-state index in [1.165, 1.54) is 116 Å². The predicted molar refractivity (Wildman–Crippen MR) is 238 cm³/mol. The molecule has 0 aromatic carbocycles. The van der Waals surface area contributed by atoms with Crippen molar-refractivity contribution in [2.24, 2.45) is 0 Å². The molecule has 0 spiro atoms. The van der Waals surface area contributed by atoms with Gasteiger partial charge >= 0.3 is 5.97 Å². The van der Waals surface area contributed by atoms with E-state index in [9.17, 15) is 25.2 Å². The second-order valence-electron chi connectivity index (χ2n) is 16.2. The first-order valence-corrected chi connectivity index (χ1v) is 23.7. The van der Waals surface area contributed by atoms with Gasteiger partial charge in [0.05, 0.1) is 19.8 Å². The van der Waals surface area contributed by atoms with Crippen molar-refractivity contribution in [1.82, 2.24) is 0 Å². The van der Waals surface area contributed by atoms with E-state index in [0.717, 1.165) is 57.8 Å². The molecule has 0 aromatic heterocycles. The van der Waals surface area contributed by atoms with Gasteiger partial charge in [0.2, 0.25) is 0 Å². The van der Waals surface area contributed by atoms with Crippen LogP contribution in [0.4, 0.5) is 0 Å². The highest BCUT2D eigenvalue weighted by atomic mass is 16.7. The minimum atomic E-state index is -1.54. The normalized spacial score (nSPS) is 20.7. The quantitative estimate of drug-likeness (QED) is 0.0271. The molecule has 1 fully saturated rings. The van der Waals surface area contributed by atoms with E-state index in [1.54, 1.807) is 0 Å². The second-order valence-corrected chi connectivity index (χ2v) is 16.2. The summed E-state index contributed by atoms with van der Waals surface area (Å²) in [5, 5.41) is 40.1. The van der Waals surface area contributed by atoms with E-state index < -0.39 is 43.4 Å². The molecule has 1 rings (SSSR count). The number of ether oxygens (including phenoxy) is 4. The number of aliphatic hydroxyl groups excluding tert-OH is 4. The van der Waals surface area contributed by atoms with Crippen LogP contribution in [-0.2, 0) is 23.7 Å². The number of rotatable bonds is 40. The number of esters is 1. The number of hydrogen-bond acceptors (Lipinski definition) is 9. The fourth-order valence-electron chi connectivity index (χ4n) is 7.07. The summed E-state index contributed by atoms with van der Waals surface area (Å²) in [4.78, 5) is 12.8. The summed E-state index contributed by atoms with van der Waals surface area (Å²) < 4.78 is 22.8. The van der Waals surface area contributed by atoms with Gasteiger partial charge in [-0.1, -0.05) is 184 Å². The molecule has 9 nitrogen and oxygen atoms in total. The van der Waals surface area contributed by atoms with E-state index in [-0.39, 0.29) is 19.2 Å². The molecule has 6 unspecified atom stereocenters. The lowest BCUT2D eigenvalue weighted by molar-refractivity contribution is -0.305. The molecule has 9 heteroatoms. The molecular formula is C49H88O9. The van der Waals surface area contributed by atoms with Gasteiger partial charge in [0.25, 0.3) is 0 Å². The van der Waals surface area contributed by atoms with Gasteiger partial charge in [0, 0.05) is 13.0 Å². The van der Waals surface area contributed by atoms with Crippen LogP contribution in [0.15, 0.2) is 48.6 Å². The molecular weight excluding hydrogens is 733 g/mol. The van der Waals surface area contributed by atoms with Crippen molar-refractivity contribution in [2.45, 2.75) is 230 Å². The molecule has 1 saturated heterocycles. The molecule has 58 heavy (non-hydrogen) atoms. The van der Waals surface area contributed by atoms with Crippen LogP contribution in [0.5, 0.6) is 0 Å². The lowest BCUT2D eigenvalue weighted by Gasteiger charge is -2.39. The van der Waals surface area contributed by atoms with Gasteiger partial charge in [-0.3, -0.25) is 4.79 Å². The standard InChI is InChI=1S/C49H88O9/c1-3-5-7-9-11-13-15-17-18-19-20-21-22-23-24-25-26-27-28-30-32-34-36-38-45(51)57-43(42-56-49-48(54)47(53)46(52)44(40-50)58-49)41-55-39-37-35-33-31-29-16-14-12-10-8-6-4-2/h5,7,11,13,17-18,20-21,43-44,46-50,52-54H,3-4,6,8-10,12,14-16,19,22-42H2,1-2H3/b7-5-,13-11-,18-17-,21-20-. The Bertz CT molecular complexity index is 1030. The van der Waals surface area contributed by atoms with Crippen LogP contribution in [0.2, 0.25) is 0 Å².